The van der Waals surface area contributed by atoms with Crippen molar-refractivity contribution in [2.45, 2.75) is 13.5 Å². The number of nitrogens with zero attached hydrogens (tertiary/aromatic N) is 1. The largest absolute Gasteiger partial charge is 0.342 e. The van der Waals surface area contributed by atoms with Gasteiger partial charge in [-0.05, 0) is 36.2 Å². The Bertz CT molecular complexity index is 552. The van der Waals surface area contributed by atoms with Crippen LogP contribution in [0.3, 0.4) is 0 Å². The third kappa shape index (κ3) is 2.36. The first-order chi connectivity index (χ1) is 8.63. The van der Waals surface area contributed by atoms with E-state index in [4.69, 9.17) is 5.73 Å². The molecule has 2 N–H and O–H groups in total. The van der Waals surface area contributed by atoms with Crippen molar-refractivity contribution < 1.29 is 4.39 Å². The van der Waals surface area contributed by atoms with Crippen LogP contribution in [0, 0.1) is 12.7 Å². The van der Waals surface area contributed by atoms with Gasteiger partial charge in [0.05, 0.1) is 5.69 Å². The van der Waals surface area contributed by atoms with Crippen LogP contribution in [0.15, 0.2) is 42.5 Å². The van der Waals surface area contributed by atoms with E-state index in [2.05, 4.69) is 0 Å². The average molecular weight is 244 g/mol. The molecular formula is C15H17FN2. The van der Waals surface area contributed by atoms with Gasteiger partial charge in [0.2, 0.25) is 0 Å². The zero-order valence-corrected chi connectivity index (χ0v) is 10.7. The van der Waals surface area contributed by atoms with Crippen LogP contribution < -0.4 is 10.6 Å². The summed E-state index contributed by atoms with van der Waals surface area (Å²) in [5, 5.41) is 0. The van der Waals surface area contributed by atoms with Gasteiger partial charge in [0, 0.05) is 19.3 Å². The molecule has 2 nitrogen and oxygen atoms in total. The second-order valence-electron chi connectivity index (χ2n) is 4.34. The number of hydrogen-bond donors (Lipinski definition) is 1. The Balaban J connectivity index is 2.40. The van der Waals surface area contributed by atoms with Crippen LogP contribution >= 0.6 is 0 Å². The fourth-order valence-electron chi connectivity index (χ4n) is 2.07. The molecule has 0 aliphatic rings. The molecule has 0 saturated carbocycles. The molecule has 0 heterocycles. The average Bonchev–Trinajstić information content (AvgIpc) is 2.38. The van der Waals surface area contributed by atoms with Crippen LogP contribution in [0.4, 0.5) is 15.8 Å². The van der Waals surface area contributed by atoms with E-state index in [1.807, 2.05) is 43.1 Å². The van der Waals surface area contributed by atoms with Crippen molar-refractivity contribution >= 4 is 11.4 Å². The SMILES string of the molecule is Cc1cc(CN)ccc1N(C)c1ccccc1F. The highest BCUT2D eigenvalue weighted by molar-refractivity contribution is 5.66. The Kier molecular flexibility index (Phi) is 3.63. The first-order valence-corrected chi connectivity index (χ1v) is 5.91. The fraction of sp³-hybridized carbons (Fsp3) is 0.200. The molecule has 0 saturated heterocycles. The number of anilines is 2. The third-order valence-electron chi connectivity index (χ3n) is 3.07. The van der Waals surface area contributed by atoms with E-state index in [0.29, 0.717) is 12.2 Å². The lowest BCUT2D eigenvalue weighted by Crippen LogP contribution is -2.12. The first kappa shape index (κ1) is 12.6. The lowest BCUT2D eigenvalue weighted by Gasteiger charge is -2.22. The Labute approximate surface area is 107 Å². The van der Waals surface area contributed by atoms with Crippen molar-refractivity contribution in [3.05, 3.63) is 59.4 Å². The number of nitrogens with two attached hydrogens (primary N) is 1. The molecule has 2 aromatic carbocycles. The predicted molar refractivity (Wildman–Crippen MR) is 73.5 cm³/mol. The van der Waals surface area contributed by atoms with E-state index >= 15 is 0 Å². The molecule has 2 aromatic rings. The van der Waals surface area contributed by atoms with Crippen molar-refractivity contribution in [2.24, 2.45) is 5.73 Å². The van der Waals surface area contributed by atoms with Crippen LogP contribution in [0.1, 0.15) is 11.1 Å². The minimum absolute atomic E-state index is 0.220. The van der Waals surface area contributed by atoms with E-state index in [1.54, 1.807) is 12.1 Å². The van der Waals surface area contributed by atoms with Gasteiger partial charge in [-0.15, -0.1) is 0 Å². The zero-order chi connectivity index (χ0) is 13.1. The van der Waals surface area contributed by atoms with Crippen LogP contribution in [-0.4, -0.2) is 7.05 Å². The standard InChI is InChI=1S/C15H17FN2/c1-11-9-12(10-17)7-8-14(11)18(2)15-6-4-3-5-13(15)16/h3-9H,10,17H2,1-2H3. The molecule has 18 heavy (non-hydrogen) atoms. The molecule has 0 aliphatic heterocycles. The van der Waals surface area contributed by atoms with Crippen LogP contribution in [-0.2, 0) is 6.54 Å². The fourth-order valence-corrected chi connectivity index (χ4v) is 2.07. The maximum absolute atomic E-state index is 13.7. The number of benzene rings is 2. The minimum Gasteiger partial charge on any atom is -0.342 e. The molecule has 0 atom stereocenters. The summed E-state index contributed by atoms with van der Waals surface area (Å²) in [7, 11) is 1.86. The quantitative estimate of drug-likeness (QED) is 0.897. The van der Waals surface area contributed by atoms with E-state index < -0.39 is 0 Å². The van der Waals surface area contributed by atoms with Gasteiger partial charge in [0.25, 0.3) is 0 Å². The van der Waals surface area contributed by atoms with E-state index in [1.165, 1.54) is 6.07 Å². The first-order valence-electron chi connectivity index (χ1n) is 5.91. The van der Waals surface area contributed by atoms with Gasteiger partial charge in [0.15, 0.2) is 0 Å². The normalized spacial score (nSPS) is 10.4. The summed E-state index contributed by atoms with van der Waals surface area (Å²) >= 11 is 0. The molecule has 2 rings (SSSR count). The highest BCUT2D eigenvalue weighted by Gasteiger charge is 2.10. The number of aryl methyl sites for hydroxylation is 1. The number of hydrogen-bond acceptors (Lipinski definition) is 2. The monoisotopic (exact) mass is 244 g/mol. The van der Waals surface area contributed by atoms with Gasteiger partial charge < -0.3 is 10.6 Å². The summed E-state index contributed by atoms with van der Waals surface area (Å²) in [6.45, 7) is 2.52. The van der Waals surface area contributed by atoms with Gasteiger partial charge in [-0.3, -0.25) is 0 Å². The van der Waals surface area contributed by atoms with Gasteiger partial charge in [0.1, 0.15) is 5.82 Å². The van der Waals surface area contributed by atoms with E-state index in [0.717, 1.165) is 16.8 Å². The van der Waals surface area contributed by atoms with Gasteiger partial charge >= 0.3 is 0 Å². The summed E-state index contributed by atoms with van der Waals surface area (Å²) in [5.74, 6) is -0.220. The van der Waals surface area contributed by atoms with Crippen molar-refractivity contribution in [3.63, 3.8) is 0 Å². The molecule has 0 fully saturated rings. The predicted octanol–water partition coefficient (Wildman–Crippen LogP) is 3.36. The Morgan fingerprint density at radius 3 is 2.44 bits per heavy atom. The van der Waals surface area contributed by atoms with Crippen LogP contribution in [0.25, 0.3) is 0 Å². The molecule has 0 aliphatic carbocycles. The smallest absolute Gasteiger partial charge is 0.146 e. The molecule has 0 unspecified atom stereocenters. The molecule has 0 radical (unpaired) electrons. The summed E-state index contributed by atoms with van der Waals surface area (Å²) in [6, 6.07) is 12.7. The molecule has 0 bridgehead atoms. The van der Waals surface area contributed by atoms with Crippen molar-refractivity contribution in [3.8, 4) is 0 Å². The lowest BCUT2D eigenvalue weighted by molar-refractivity contribution is 0.627. The second kappa shape index (κ2) is 5.19. The summed E-state index contributed by atoms with van der Waals surface area (Å²) < 4.78 is 13.7. The second-order valence-corrected chi connectivity index (χ2v) is 4.34. The summed E-state index contributed by atoms with van der Waals surface area (Å²) in [6.07, 6.45) is 0. The highest BCUT2D eigenvalue weighted by atomic mass is 19.1. The van der Waals surface area contributed by atoms with Crippen molar-refractivity contribution in [1.29, 1.82) is 0 Å². The topological polar surface area (TPSA) is 29.3 Å². The van der Waals surface area contributed by atoms with Crippen LogP contribution in [0.2, 0.25) is 0 Å². The Morgan fingerprint density at radius 1 is 1.11 bits per heavy atom. The van der Waals surface area contributed by atoms with Crippen molar-refractivity contribution in [2.75, 3.05) is 11.9 Å². The Hall–Kier alpha value is -1.87. The van der Waals surface area contributed by atoms with Crippen LogP contribution in [0.5, 0.6) is 0 Å². The summed E-state index contributed by atoms with van der Waals surface area (Å²) in [5.41, 5.74) is 9.33. The molecular weight excluding hydrogens is 227 g/mol. The van der Waals surface area contributed by atoms with Gasteiger partial charge in [-0.1, -0.05) is 24.3 Å². The van der Waals surface area contributed by atoms with Gasteiger partial charge in [-0.25, -0.2) is 4.39 Å². The number of para-hydroxylation sites is 1. The van der Waals surface area contributed by atoms with E-state index in [9.17, 15) is 4.39 Å². The minimum atomic E-state index is -0.220. The summed E-state index contributed by atoms with van der Waals surface area (Å²) in [4.78, 5) is 1.85. The maximum Gasteiger partial charge on any atom is 0.146 e. The molecule has 0 spiro atoms. The lowest BCUT2D eigenvalue weighted by atomic mass is 10.1. The van der Waals surface area contributed by atoms with Gasteiger partial charge in [-0.2, -0.15) is 0 Å². The molecule has 3 heteroatoms. The highest BCUT2D eigenvalue weighted by Crippen LogP contribution is 2.29. The maximum atomic E-state index is 13.7. The Morgan fingerprint density at radius 2 is 1.83 bits per heavy atom. The van der Waals surface area contributed by atoms with E-state index in [-0.39, 0.29) is 5.82 Å². The number of rotatable bonds is 3. The number of halogens is 1. The zero-order valence-electron chi connectivity index (χ0n) is 10.7. The third-order valence-corrected chi connectivity index (χ3v) is 3.07. The molecule has 0 amide bonds. The molecule has 94 valence electrons. The molecule has 0 aromatic heterocycles. The van der Waals surface area contributed by atoms with Crippen molar-refractivity contribution in [1.82, 2.24) is 0 Å².